The molecule has 0 saturated heterocycles. The smallest absolute Gasteiger partial charge is 0.299 e. The Morgan fingerprint density at radius 3 is 2.80 bits per heavy atom. The van der Waals surface area contributed by atoms with E-state index in [9.17, 15) is 4.79 Å². The molecule has 0 aliphatic rings. The fraction of sp³-hybridized carbons (Fsp3) is 0. The fourth-order valence-corrected chi connectivity index (χ4v) is 0.508. The average molecular weight is 159 g/mol. The van der Waals surface area contributed by atoms with Crippen molar-refractivity contribution in [3.8, 4) is 5.88 Å². The van der Waals surface area contributed by atoms with Crippen molar-refractivity contribution in [1.29, 1.82) is 0 Å². The predicted octanol–water partition coefficient (Wildman–Crippen LogP) is 0.665. The second kappa shape index (κ2) is 3.12. The minimum absolute atomic E-state index is 0.138. The highest BCUT2D eigenvalue weighted by molar-refractivity contribution is 6.29. The van der Waals surface area contributed by atoms with Gasteiger partial charge in [0.15, 0.2) is 0 Å². The summed E-state index contributed by atoms with van der Waals surface area (Å²) >= 11 is 5.39. The molecule has 0 aliphatic heterocycles. The molecule has 4 nitrogen and oxygen atoms in total. The topological polar surface area (TPSA) is 52.1 Å². The van der Waals surface area contributed by atoms with Gasteiger partial charge >= 0.3 is 0 Å². The number of halogens is 1. The van der Waals surface area contributed by atoms with E-state index in [4.69, 9.17) is 11.6 Å². The molecule has 0 N–H and O–H groups in total. The summed E-state index contributed by atoms with van der Waals surface area (Å²) in [6, 6.07) is 0. The Morgan fingerprint density at radius 1 is 1.50 bits per heavy atom. The first kappa shape index (κ1) is 6.95. The van der Waals surface area contributed by atoms with E-state index in [1.165, 1.54) is 12.4 Å². The number of hydrogen-bond acceptors (Lipinski definition) is 4. The highest BCUT2D eigenvalue weighted by Crippen LogP contribution is 2.05. The van der Waals surface area contributed by atoms with Gasteiger partial charge in [-0.2, -0.15) is 0 Å². The van der Waals surface area contributed by atoms with Crippen molar-refractivity contribution in [3.05, 3.63) is 17.5 Å². The van der Waals surface area contributed by atoms with E-state index >= 15 is 0 Å². The second-order valence-electron chi connectivity index (χ2n) is 1.39. The first-order valence-electron chi connectivity index (χ1n) is 2.41. The highest BCUT2D eigenvalue weighted by atomic mass is 35.5. The van der Waals surface area contributed by atoms with Crippen molar-refractivity contribution < 1.29 is 9.53 Å². The summed E-state index contributed by atoms with van der Waals surface area (Å²) in [6.45, 7) is 0.276. The van der Waals surface area contributed by atoms with Gasteiger partial charge in [0.1, 0.15) is 5.15 Å². The van der Waals surface area contributed by atoms with Gasteiger partial charge < -0.3 is 4.74 Å². The van der Waals surface area contributed by atoms with Gasteiger partial charge in [-0.15, -0.1) is 0 Å². The van der Waals surface area contributed by atoms with Gasteiger partial charge in [0.05, 0.1) is 12.4 Å². The third-order valence-electron chi connectivity index (χ3n) is 0.765. The lowest BCUT2D eigenvalue weighted by molar-refractivity contribution is -0.120. The second-order valence-corrected chi connectivity index (χ2v) is 1.78. The molecular formula is C5H3ClN2O2. The number of carbonyl (C=O) groups is 1. The number of nitrogens with zero attached hydrogens (tertiary/aromatic N) is 2. The van der Waals surface area contributed by atoms with E-state index in [0.29, 0.717) is 0 Å². The van der Waals surface area contributed by atoms with Gasteiger partial charge in [-0.3, -0.25) is 4.79 Å². The molecule has 0 saturated carbocycles. The molecule has 1 rings (SSSR count). The molecule has 0 bridgehead atoms. The normalized spacial score (nSPS) is 8.90. The van der Waals surface area contributed by atoms with E-state index in [-0.39, 0.29) is 17.5 Å². The van der Waals surface area contributed by atoms with E-state index in [2.05, 4.69) is 14.7 Å². The molecule has 5 heteroatoms. The number of ether oxygens (including phenoxy) is 1. The molecule has 1 heterocycles. The predicted molar refractivity (Wildman–Crippen MR) is 33.7 cm³/mol. The quantitative estimate of drug-likeness (QED) is 0.594. The zero-order chi connectivity index (χ0) is 7.40. The van der Waals surface area contributed by atoms with Crippen molar-refractivity contribution in [2.75, 3.05) is 0 Å². The highest BCUT2D eigenvalue weighted by Gasteiger charge is 1.92. The van der Waals surface area contributed by atoms with E-state index in [1.54, 1.807) is 0 Å². The Kier molecular flexibility index (Phi) is 2.17. The van der Waals surface area contributed by atoms with Gasteiger partial charge in [-0.1, -0.05) is 11.6 Å². The summed E-state index contributed by atoms with van der Waals surface area (Å²) in [6.07, 6.45) is 2.55. The summed E-state index contributed by atoms with van der Waals surface area (Å²) in [5.41, 5.74) is 0. The number of rotatable bonds is 2. The average Bonchev–Trinajstić information content (AvgIpc) is 1.95. The third-order valence-corrected chi connectivity index (χ3v) is 0.961. The Hall–Kier alpha value is -1.16. The molecule has 0 aliphatic carbocycles. The van der Waals surface area contributed by atoms with Crippen LogP contribution in [0.2, 0.25) is 5.15 Å². The molecule has 10 heavy (non-hydrogen) atoms. The van der Waals surface area contributed by atoms with Crippen LogP contribution < -0.4 is 4.74 Å². The summed E-state index contributed by atoms with van der Waals surface area (Å²) in [5.74, 6) is 0.138. The zero-order valence-electron chi connectivity index (χ0n) is 4.82. The van der Waals surface area contributed by atoms with Crippen molar-refractivity contribution in [3.63, 3.8) is 0 Å². The maximum absolute atomic E-state index is 9.74. The largest absolute Gasteiger partial charge is 0.408 e. The van der Waals surface area contributed by atoms with E-state index in [0.717, 1.165) is 0 Å². The van der Waals surface area contributed by atoms with Crippen LogP contribution in [-0.4, -0.2) is 16.4 Å². The van der Waals surface area contributed by atoms with Gasteiger partial charge in [-0.25, -0.2) is 9.97 Å². The van der Waals surface area contributed by atoms with Gasteiger partial charge in [0.2, 0.25) is 5.88 Å². The van der Waals surface area contributed by atoms with Crippen LogP contribution in [0.1, 0.15) is 0 Å². The van der Waals surface area contributed by atoms with Crippen LogP contribution in [0.25, 0.3) is 0 Å². The van der Waals surface area contributed by atoms with Crippen LogP contribution in [0.4, 0.5) is 0 Å². The van der Waals surface area contributed by atoms with E-state index in [1.807, 2.05) is 0 Å². The van der Waals surface area contributed by atoms with Crippen LogP contribution in [0.15, 0.2) is 12.4 Å². The SMILES string of the molecule is O=COc1cnc(Cl)cn1. The molecular weight excluding hydrogens is 156 g/mol. The van der Waals surface area contributed by atoms with Crippen LogP contribution in [-0.2, 0) is 4.79 Å². The summed E-state index contributed by atoms with van der Waals surface area (Å²) in [4.78, 5) is 17.0. The summed E-state index contributed by atoms with van der Waals surface area (Å²) in [5, 5.41) is 0.262. The lowest BCUT2D eigenvalue weighted by atomic mass is 10.7. The lowest BCUT2D eigenvalue weighted by Crippen LogP contribution is -1.91. The van der Waals surface area contributed by atoms with Gasteiger partial charge in [0, 0.05) is 0 Å². The van der Waals surface area contributed by atoms with Crippen LogP contribution in [0.3, 0.4) is 0 Å². The van der Waals surface area contributed by atoms with Crippen molar-refractivity contribution >= 4 is 18.1 Å². The lowest BCUT2D eigenvalue weighted by Gasteiger charge is -1.92. The van der Waals surface area contributed by atoms with Crippen LogP contribution in [0, 0.1) is 0 Å². The van der Waals surface area contributed by atoms with E-state index < -0.39 is 0 Å². The number of carbonyl (C=O) groups excluding carboxylic acids is 1. The minimum Gasteiger partial charge on any atom is -0.408 e. The summed E-state index contributed by atoms with van der Waals surface area (Å²) < 4.78 is 4.35. The third kappa shape index (κ3) is 1.66. The monoisotopic (exact) mass is 158 g/mol. The van der Waals surface area contributed by atoms with Gasteiger partial charge in [0.25, 0.3) is 6.47 Å². The molecule has 0 amide bonds. The summed E-state index contributed by atoms with van der Waals surface area (Å²) in [7, 11) is 0. The number of hydrogen-bond donors (Lipinski definition) is 0. The molecule has 0 aromatic carbocycles. The van der Waals surface area contributed by atoms with Crippen LogP contribution in [0.5, 0.6) is 5.88 Å². The maximum Gasteiger partial charge on any atom is 0.299 e. The molecule has 0 atom stereocenters. The zero-order valence-corrected chi connectivity index (χ0v) is 5.58. The van der Waals surface area contributed by atoms with Gasteiger partial charge in [-0.05, 0) is 0 Å². The molecule has 0 fully saturated rings. The molecule has 1 aromatic heterocycles. The first-order valence-corrected chi connectivity index (χ1v) is 2.78. The Labute approximate surface area is 61.8 Å². The van der Waals surface area contributed by atoms with Crippen molar-refractivity contribution in [2.45, 2.75) is 0 Å². The first-order chi connectivity index (χ1) is 4.83. The van der Waals surface area contributed by atoms with Crippen LogP contribution >= 0.6 is 11.6 Å². The number of aromatic nitrogens is 2. The molecule has 0 unspecified atom stereocenters. The van der Waals surface area contributed by atoms with Crippen molar-refractivity contribution in [2.24, 2.45) is 0 Å². The Bertz CT molecular complexity index is 224. The molecule has 52 valence electrons. The molecule has 1 aromatic rings. The fourth-order valence-electron chi connectivity index (χ4n) is 0.411. The Morgan fingerprint density at radius 2 is 2.30 bits per heavy atom. The maximum atomic E-state index is 9.74. The molecule has 0 radical (unpaired) electrons. The molecule has 0 spiro atoms. The van der Waals surface area contributed by atoms with Crippen molar-refractivity contribution in [1.82, 2.24) is 9.97 Å². The minimum atomic E-state index is 0.138. The standard InChI is InChI=1S/C5H3ClN2O2/c6-4-1-8-5(2-7-4)10-3-9/h1-3H. The Balaban J connectivity index is 2.78.